The average Bonchev–Trinajstić information content (AvgIpc) is 3.26. The zero-order valence-electron chi connectivity index (χ0n) is 40.6. The summed E-state index contributed by atoms with van der Waals surface area (Å²) in [5.74, 6) is -0.0767. The molecule has 0 aromatic rings. The van der Waals surface area contributed by atoms with E-state index in [1.54, 1.807) is 0 Å². The molecule has 0 heterocycles. The Labute approximate surface area is 379 Å². The lowest BCUT2D eigenvalue weighted by Gasteiger charge is -2.22. The number of carbonyl (C=O) groups is 2. The zero-order chi connectivity index (χ0) is 44.4. The molecular formula is C55H103NO5. The fourth-order valence-electron chi connectivity index (χ4n) is 8.02. The third-order valence-electron chi connectivity index (χ3n) is 12.2. The van der Waals surface area contributed by atoms with Crippen molar-refractivity contribution in [3.05, 3.63) is 36.5 Å². The summed E-state index contributed by atoms with van der Waals surface area (Å²) in [7, 11) is 0. The molecule has 0 radical (unpaired) electrons. The van der Waals surface area contributed by atoms with Crippen LogP contribution < -0.4 is 5.32 Å². The second-order valence-corrected chi connectivity index (χ2v) is 18.2. The topological polar surface area (TPSA) is 95.9 Å². The van der Waals surface area contributed by atoms with Crippen LogP contribution in [0.5, 0.6) is 0 Å². The number of amides is 1. The van der Waals surface area contributed by atoms with Crippen LogP contribution in [0, 0.1) is 0 Å². The van der Waals surface area contributed by atoms with Crippen LogP contribution in [0.25, 0.3) is 0 Å². The quantitative estimate of drug-likeness (QED) is 0.0322. The van der Waals surface area contributed by atoms with E-state index in [1.165, 1.54) is 161 Å². The Morgan fingerprint density at radius 2 is 0.820 bits per heavy atom. The maximum atomic E-state index is 12.4. The number of aliphatic hydroxyl groups is 2. The van der Waals surface area contributed by atoms with E-state index >= 15 is 0 Å². The van der Waals surface area contributed by atoms with E-state index in [4.69, 9.17) is 4.74 Å². The van der Waals surface area contributed by atoms with Crippen LogP contribution >= 0.6 is 0 Å². The van der Waals surface area contributed by atoms with Crippen LogP contribution in [0.3, 0.4) is 0 Å². The van der Waals surface area contributed by atoms with Crippen molar-refractivity contribution in [2.45, 2.75) is 289 Å². The van der Waals surface area contributed by atoms with Crippen molar-refractivity contribution >= 4 is 11.9 Å². The van der Waals surface area contributed by atoms with E-state index in [9.17, 15) is 19.8 Å². The summed E-state index contributed by atoms with van der Waals surface area (Å²) in [6.45, 7) is 4.88. The molecule has 0 spiro atoms. The summed E-state index contributed by atoms with van der Waals surface area (Å²) in [4.78, 5) is 24.4. The number of unbranched alkanes of at least 4 members (excludes halogenated alkanes) is 32. The van der Waals surface area contributed by atoms with Gasteiger partial charge in [-0.2, -0.15) is 0 Å². The highest BCUT2D eigenvalue weighted by atomic mass is 16.5. The molecule has 2 unspecified atom stereocenters. The molecule has 0 aliphatic rings. The molecule has 2 atom stereocenters. The second kappa shape index (κ2) is 50.7. The minimum Gasteiger partial charge on any atom is -0.466 e. The third-order valence-corrected chi connectivity index (χ3v) is 12.2. The van der Waals surface area contributed by atoms with Gasteiger partial charge in [0.15, 0.2) is 0 Å². The lowest BCUT2D eigenvalue weighted by Crippen LogP contribution is -2.45. The number of esters is 1. The fraction of sp³-hybridized carbons (Fsp3) is 0.855. The number of allylic oxidation sites excluding steroid dienone is 6. The first kappa shape index (κ1) is 59.1. The van der Waals surface area contributed by atoms with Crippen LogP contribution in [0.1, 0.15) is 277 Å². The molecule has 0 aromatic heterocycles. The van der Waals surface area contributed by atoms with E-state index in [1.807, 2.05) is 0 Å². The molecule has 3 N–H and O–H groups in total. The largest absolute Gasteiger partial charge is 0.466 e. The summed E-state index contributed by atoms with van der Waals surface area (Å²) in [6.07, 6.45) is 61.2. The molecule has 0 aromatic carbocycles. The number of nitrogens with one attached hydrogen (secondary N) is 1. The van der Waals surface area contributed by atoms with Gasteiger partial charge in [-0.25, -0.2) is 0 Å². The summed E-state index contributed by atoms with van der Waals surface area (Å²) >= 11 is 0. The maximum absolute atomic E-state index is 12.4. The van der Waals surface area contributed by atoms with Gasteiger partial charge >= 0.3 is 5.97 Å². The Hall–Kier alpha value is -1.92. The molecule has 6 nitrogen and oxygen atoms in total. The average molecular weight is 858 g/mol. The Morgan fingerprint density at radius 1 is 0.459 bits per heavy atom. The van der Waals surface area contributed by atoms with Crippen molar-refractivity contribution in [1.29, 1.82) is 0 Å². The van der Waals surface area contributed by atoms with E-state index < -0.39 is 12.1 Å². The highest BCUT2D eigenvalue weighted by Gasteiger charge is 2.20. The molecule has 0 saturated heterocycles. The van der Waals surface area contributed by atoms with E-state index in [0.29, 0.717) is 25.9 Å². The first-order chi connectivity index (χ1) is 30.0. The molecular weight excluding hydrogens is 755 g/mol. The van der Waals surface area contributed by atoms with Gasteiger partial charge in [0.25, 0.3) is 0 Å². The molecule has 0 bridgehead atoms. The highest BCUT2D eigenvalue weighted by Crippen LogP contribution is 2.16. The van der Waals surface area contributed by atoms with Gasteiger partial charge in [-0.05, 0) is 89.9 Å². The number of rotatable bonds is 49. The Balaban J connectivity index is 3.51. The first-order valence-electron chi connectivity index (χ1n) is 26.7. The molecule has 358 valence electrons. The second-order valence-electron chi connectivity index (χ2n) is 18.2. The Morgan fingerprint density at radius 3 is 1.28 bits per heavy atom. The summed E-state index contributed by atoms with van der Waals surface area (Å²) < 4.78 is 5.43. The van der Waals surface area contributed by atoms with Gasteiger partial charge < -0.3 is 20.3 Å². The van der Waals surface area contributed by atoms with Crippen LogP contribution in [0.15, 0.2) is 36.5 Å². The number of carbonyl (C=O) groups excluding carboxylic acids is 2. The lowest BCUT2D eigenvalue weighted by atomic mass is 10.0. The number of hydrogen-bond donors (Lipinski definition) is 3. The molecule has 61 heavy (non-hydrogen) atoms. The first-order valence-corrected chi connectivity index (χ1v) is 26.7. The molecule has 0 fully saturated rings. The predicted octanol–water partition coefficient (Wildman–Crippen LogP) is 16.1. The van der Waals surface area contributed by atoms with Crippen LogP contribution in [0.4, 0.5) is 0 Å². The van der Waals surface area contributed by atoms with Crippen molar-refractivity contribution in [2.24, 2.45) is 0 Å². The van der Waals surface area contributed by atoms with Crippen LogP contribution in [0.2, 0.25) is 0 Å². The van der Waals surface area contributed by atoms with Crippen LogP contribution in [-0.4, -0.2) is 47.4 Å². The standard InChI is InChI=1S/C55H103NO5/c1-3-5-7-9-11-13-15-17-24-27-31-35-39-43-47-53(58)52(51-57)56-54(59)48-44-40-36-32-28-25-21-19-18-20-22-26-30-34-38-42-46-50-61-55(60)49-45-41-37-33-29-23-16-14-12-10-8-6-4-2/h14,16,18,20,26,30,52-53,57-58H,3-13,15,17,19,21-25,27-29,31-51H2,1-2H3,(H,56,59)/b16-14-,20-18-,30-26-. The molecule has 0 saturated carbocycles. The van der Waals surface area contributed by atoms with Gasteiger partial charge in [0, 0.05) is 12.8 Å². The van der Waals surface area contributed by atoms with Gasteiger partial charge in [-0.15, -0.1) is 0 Å². The van der Waals surface area contributed by atoms with Crippen molar-refractivity contribution in [3.8, 4) is 0 Å². The fourth-order valence-corrected chi connectivity index (χ4v) is 8.02. The molecule has 0 aliphatic carbocycles. The normalized spacial score (nSPS) is 12.9. The SMILES string of the molecule is CCCCCC/C=C\CCCCCCCC(=O)OCCCCC/C=C\C/C=C\CCCCCCCCCC(=O)NC(CO)C(O)CCCCCCCCCCCCCCCC. The molecule has 0 rings (SSSR count). The van der Waals surface area contributed by atoms with Gasteiger partial charge in [-0.3, -0.25) is 9.59 Å². The Kier molecular flexibility index (Phi) is 49.1. The Bertz CT molecular complexity index is 993. The minimum atomic E-state index is -0.674. The third kappa shape index (κ3) is 47.4. The molecule has 0 aliphatic heterocycles. The lowest BCUT2D eigenvalue weighted by molar-refractivity contribution is -0.143. The molecule has 6 heteroatoms. The maximum Gasteiger partial charge on any atom is 0.305 e. The number of aliphatic hydroxyl groups excluding tert-OH is 2. The highest BCUT2D eigenvalue weighted by molar-refractivity contribution is 5.76. The van der Waals surface area contributed by atoms with Crippen molar-refractivity contribution in [1.82, 2.24) is 5.32 Å². The summed E-state index contributed by atoms with van der Waals surface area (Å²) in [6, 6.07) is -0.553. The number of ether oxygens (including phenoxy) is 1. The smallest absolute Gasteiger partial charge is 0.305 e. The van der Waals surface area contributed by atoms with Gasteiger partial charge in [-0.1, -0.05) is 211 Å². The van der Waals surface area contributed by atoms with Crippen molar-refractivity contribution in [2.75, 3.05) is 13.2 Å². The van der Waals surface area contributed by atoms with Crippen molar-refractivity contribution in [3.63, 3.8) is 0 Å². The molecule has 1 amide bonds. The summed E-state index contributed by atoms with van der Waals surface area (Å²) in [5, 5.41) is 23.2. The van der Waals surface area contributed by atoms with Gasteiger partial charge in [0.05, 0.1) is 25.4 Å². The van der Waals surface area contributed by atoms with Gasteiger partial charge in [0.1, 0.15) is 0 Å². The van der Waals surface area contributed by atoms with E-state index in [-0.39, 0.29) is 18.5 Å². The van der Waals surface area contributed by atoms with Crippen molar-refractivity contribution < 1.29 is 24.5 Å². The number of hydrogen-bond acceptors (Lipinski definition) is 5. The van der Waals surface area contributed by atoms with E-state index in [0.717, 1.165) is 83.5 Å². The summed E-state index contributed by atoms with van der Waals surface area (Å²) in [5.41, 5.74) is 0. The van der Waals surface area contributed by atoms with E-state index in [2.05, 4.69) is 55.6 Å². The van der Waals surface area contributed by atoms with Crippen LogP contribution in [-0.2, 0) is 14.3 Å². The predicted molar refractivity (Wildman–Crippen MR) is 264 cm³/mol. The minimum absolute atomic E-state index is 0.0251. The van der Waals surface area contributed by atoms with Gasteiger partial charge in [0.2, 0.25) is 5.91 Å². The zero-order valence-corrected chi connectivity index (χ0v) is 40.6. The monoisotopic (exact) mass is 858 g/mol.